The summed E-state index contributed by atoms with van der Waals surface area (Å²) in [5, 5.41) is 11.6. The number of nitrogens with one attached hydrogen (secondary N) is 3. The molecule has 4 aromatic rings. The Hall–Kier alpha value is -3.66. The number of fused-ring (bicyclic) bond motifs is 1. The van der Waals surface area contributed by atoms with Gasteiger partial charge in [0.2, 0.25) is 15.7 Å². The highest BCUT2D eigenvalue weighted by atomic mass is 35.5. The first kappa shape index (κ1) is 26.9. The molecule has 1 unspecified atom stereocenters. The van der Waals surface area contributed by atoms with Crippen molar-refractivity contribution in [1.29, 1.82) is 5.41 Å². The van der Waals surface area contributed by atoms with Crippen molar-refractivity contribution in [3.8, 4) is 0 Å². The molecule has 39 heavy (non-hydrogen) atoms. The maximum atomic E-state index is 14.1. The van der Waals surface area contributed by atoms with Crippen LogP contribution in [0.3, 0.4) is 0 Å². The first-order valence-corrected chi connectivity index (χ1v) is 14.6. The second kappa shape index (κ2) is 11.2. The van der Waals surface area contributed by atoms with Crippen molar-refractivity contribution in [2.45, 2.75) is 16.8 Å². The summed E-state index contributed by atoms with van der Waals surface area (Å²) < 4.78 is 28.1. The molecule has 2 heterocycles. The molecule has 8 nitrogen and oxygen atoms in total. The highest BCUT2D eigenvalue weighted by molar-refractivity contribution is 7.91. The van der Waals surface area contributed by atoms with Crippen molar-refractivity contribution in [2.24, 2.45) is 0 Å². The molecule has 3 N–H and O–H groups in total. The van der Waals surface area contributed by atoms with Gasteiger partial charge in [-0.3, -0.25) is 15.1 Å². The number of H-pyrrole nitrogens is 1. The molecule has 0 bridgehead atoms. The van der Waals surface area contributed by atoms with Crippen molar-refractivity contribution in [3.63, 3.8) is 0 Å². The van der Waals surface area contributed by atoms with Crippen LogP contribution in [0.5, 0.6) is 0 Å². The molecule has 10 heteroatoms. The number of hydrogen-bond donors (Lipinski definition) is 3. The van der Waals surface area contributed by atoms with Gasteiger partial charge in [-0.15, -0.1) is 0 Å². The van der Waals surface area contributed by atoms with Crippen LogP contribution in [0.15, 0.2) is 83.9 Å². The number of rotatable bonds is 8. The molecule has 1 aliphatic rings. The van der Waals surface area contributed by atoms with Gasteiger partial charge in [-0.2, -0.15) is 0 Å². The van der Waals surface area contributed by atoms with Crippen LogP contribution in [0.25, 0.3) is 10.9 Å². The van der Waals surface area contributed by atoms with Crippen LogP contribution >= 0.6 is 11.6 Å². The second-order valence-electron chi connectivity index (χ2n) is 9.71. The Morgan fingerprint density at radius 1 is 1.08 bits per heavy atom. The lowest BCUT2D eigenvalue weighted by Crippen LogP contribution is -2.50. The van der Waals surface area contributed by atoms with Crippen molar-refractivity contribution < 1.29 is 13.2 Å². The highest BCUT2D eigenvalue weighted by Gasteiger charge is 2.37. The topological polar surface area (TPSA) is 109 Å². The average molecular weight is 564 g/mol. The number of halogens is 1. The first-order valence-electron chi connectivity index (χ1n) is 12.7. The maximum Gasteiger partial charge on any atom is 0.234 e. The van der Waals surface area contributed by atoms with Gasteiger partial charge in [0.1, 0.15) is 16.2 Å². The first-order chi connectivity index (χ1) is 18.7. The number of aromatic amines is 1. The molecule has 1 aliphatic heterocycles. The third-order valence-corrected chi connectivity index (χ3v) is 9.21. The number of likely N-dealkylation sites (N-methyl/N-ethyl adjacent to an activating group) is 1. The minimum atomic E-state index is -3.96. The van der Waals surface area contributed by atoms with E-state index in [2.05, 4.69) is 22.4 Å². The van der Waals surface area contributed by atoms with E-state index in [1.807, 2.05) is 30.1 Å². The van der Waals surface area contributed by atoms with Crippen LogP contribution < -0.4 is 5.32 Å². The van der Waals surface area contributed by atoms with E-state index in [4.69, 9.17) is 17.0 Å². The highest BCUT2D eigenvalue weighted by Crippen LogP contribution is 2.34. The van der Waals surface area contributed by atoms with Gasteiger partial charge >= 0.3 is 0 Å². The van der Waals surface area contributed by atoms with Crippen LogP contribution in [0.2, 0.25) is 5.02 Å². The fourth-order valence-electron chi connectivity index (χ4n) is 4.87. The lowest BCUT2D eigenvalue weighted by molar-refractivity contribution is -0.124. The summed E-state index contributed by atoms with van der Waals surface area (Å²) in [4.78, 5) is 18.8. The van der Waals surface area contributed by atoms with Gasteiger partial charge < -0.3 is 15.2 Å². The van der Waals surface area contributed by atoms with Crippen molar-refractivity contribution in [2.75, 3.05) is 33.2 Å². The standard InChI is InChI=1S/C29H30ClN5O3S/c1-34(15-13-20-5-3-2-4-6-20)28(31)21-7-9-22(10-8-21)29(35-16-14-32-26(36)19-35)39(37,38)27-18-23-17-24(30)11-12-25(23)33-27/h2-12,17-18,29,31,33H,13-16,19H2,1H3,(H,32,36). The predicted octanol–water partition coefficient (Wildman–Crippen LogP) is 4.23. The minimum Gasteiger partial charge on any atom is -0.359 e. The van der Waals surface area contributed by atoms with Gasteiger partial charge in [0.25, 0.3) is 0 Å². The normalized spacial score (nSPS) is 15.2. The molecule has 5 rings (SSSR count). The number of amidine groups is 1. The molecule has 1 saturated heterocycles. The monoisotopic (exact) mass is 563 g/mol. The van der Waals surface area contributed by atoms with Crippen molar-refractivity contribution in [1.82, 2.24) is 20.1 Å². The number of carbonyl (C=O) groups excluding carboxylic acids is 1. The van der Waals surface area contributed by atoms with Gasteiger partial charge in [0.05, 0.1) is 6.54 Å². The Bertz CT molecular complexity index is 1600. The Labute approximate surface area is 233 Å². The van der Waals surface area contributed by atoms with Crippen LogP contribution in [0.4, 0.5) is 0 Å². The maximum absolute atomic E-state index is 14.1. The Kier molecular flexibility index (Phi) is 7.74. The fourth-order valence-corrected chi connectivity index (χ4v) is 6.93. The summed E-state index contributed by atoms with van der Waals surface area (Å²) in [5.74, 6) is 0.130. The number of hydrogen-bond acceptors (Lipinski definition) is 5. The Balaban J connectivity index is 1.42. The lowest BCUT2D eigenvalue weighted by Gasteiger charge is -2.33. The van der Waals surface area contributed by atoms with Crippen LogP contribution in [-0.4, -0.2) is 68.2 Å². The van der Waals surface area contributed by atoms with E-state index in [0.29, 0.717) is 52.5 Å². The molecule has 0 radical (unpaired) electrons. The molecule has 1 amide bonds. The van der Waals surface area contributed by atoms with E-state index < -0.39 is 15.2 Å². The number of benzene rings is 3. The van der Waals surface area contributed by atoms with Crippen LogP contribution in [-0.2, 0) is 21.1 Å². The number of nitrogens with zero attached hydrogens (tertiary/aromatic N) is 2. The van der Waals surface area contributed by atoms with Gasteiger partial charge in [-0.05, 0) is 41.8 Å². The van der Waals surface area contributed by atoms with E-state index in [1.54, 1.807) is 53.4 Å². The van der Waals surface area contributed by atoms with Crippen LogP contribution in [0, 0.1) is 5.41 Å². The second-order valence-corrected chi connectivity index (χ2v) is 12.1. The average Bonchev–Trinajstić information content (AvgIpc) is 3.37. The molecule has 202 valence electrons. The zero-order chi connectivity index (χ0) is 27.6. The summed E-state index contributed by atoms with van der Waals surface area (Å²) in [6, 6.07) is 23.9. The van der Waals surface area contributed by atoms with E-state index in [0.717, 1.165) is 6.42 Å². The number of sulfone groups is 1. The summed E-state index contributed by atoms with van der Waals surface area (Å²) in [6.07, 6.45) is 0.810. The molecule has 1 fully saturated rings. The molecular formula is C29H30ClN5O3S. The smallest absolute Gasteiger partial charge is 0.234 e. The van der Waals surface area contributed by atoms with Gasteiger partial charge in [-0.1, -0.05) is 66.2 Å². The summed E-state index contributed by atoms with van der Waals surface area (Å²) >= 11 is 6.12. The molecule has 0 saturated carbocycles. The molecule has 0 aliphatic carbocycles. The quantitative estimate of drug-likeness (QED) is 0.220. The minimum absolute atomic E-state index is 0.0320. The molecule has 1 aromatic heterocycles. The third-order valence-electron chi connectivity index (χ3n) is 6.99. The zero-order valence-electron chi connectivity index (χ0n) is 21.5. The molecule has 1 atom stereocenters. The molecule has 0 spiro atoms. The fraction of sp³-hybridized carbons (Fsp3) is 0.241. The number of amides is 1. The van der Waals surface area contributed by atoms with Crippen molar-refractivity contribution >= 4 is 44.1 Å². The Morgan fingerprint density at radius 3 is 2.54 bits per heavy atom. The van der Waals surface area contributed by atoms with Gasteiger partial charge in [0.15, 0.2) is 0 Å². The van der Waals surface area contributed by atoms with Gasteiger partial charge in [-0.25, -0.2) is 8.42 Å². The van der Waals surface area contributed by atoms with Crippen LogP contribution in [0.1, 0.15) is 22.1 Å². The SMILES string of the molecule is CN(CCc1ccccc1)C(=N)c1ccc(C(N2CCNC(=O)C2)S(=O)(=O)c2cc3cc(Cl)ccc3[nH]2)cc1. The van der Waals surface area contributed by atoms with E-state index in [9.17, 15) is 13.2 Å². The number of piperazine rings is 1. The predicted molar refractivity (Wildman–Crippen MR) is 154 cm³/mol. The number of aromatic nitrogens is 1. The van der Waals surface area contributed by atoms with Gasteiger partial charge in [0, 0.05) is 48.2 Å². The Morgan fingerprint density at radius 2 is 1.82 bits per heavy atom. The van der Waals surface area contributed by atoms with E-state index in [1.165, 1.54) is 5.56 Å². The summed E-state index contributed by atoms with van der Waals surface area (Å²) in [5.41, 5.74) is 3.08. The van der Waals surface area contributed by atoms with Crippen molar-refractivity contribution in [3.05, 3.63) is 101 Å². The number of carbonyl (C=O) groups is 1. The third kappa shape index (κ3) is 5.85. The zero-order valence-corrected chi connectivity index (χ0v) is 23.1. The summed E-state index contributed by atoms with van der Waals surface area (Å²) in [6.45, 7) is 1.40. The van der Waals surface area contributed by atoms with E-state index >= 15 is 0 Å². The lowest BCUT2D eigenvalue weighted by atomic mass is 10.1. The largest absolute Gasteiger partial charge is 0.359 e. The van der Waals surface area contributed by atoms with E-state index in [-0.39, 0.29) is 17.5 Å². The molecule has 3 aromatic carbocycles. The molecular weight excluding hydrogens is 534 g/mol. The summed E-state index contributed by atoms with van der Waals surface area (Å²) in [7, 11) is -2.08.